The van der Waals surface area contributed by atoms with Gasteiger partial charge in [0.15, 0.2) is 0 Å². The van der Waals surface area contributed by atoms with Crippen molar-refractivity contribution >= 4 is 17.5 Å². The lowest BCUT2D eigenvalue weighted by Gasteiger charge is -2.38. The number of benzene rings is 1. The maximum absolute atomic E-state index is 12.6. The third kappa shape index (κ3) is 3.82. The third-order valence-corrected chi connectivity index (χ3v) is 3.96. The van der Waals surface area contributed by atoms with Gasteiger partial charge in [-0.25, -0.2) is 0 Å². The average molecular weight is 289 g/mol. The summed E-state index contributed by atoms with van der Waals surface area (Å²) in [6, 6.07) is 7.12. The molecule has 5 heteroatoms. The molecule has 2 unspecified atom stereocenters. The lowest BCUT2D eigenvalue weighted by Crippen LogP contribution is -2.49. The quantitative estimate of drug-likeness (QED) is 0.891. The molecule has 1 heterocycles. The second-order valence-corrected chi connectivity index (χ2v) is 5.78. The first-order valence-corrected chi connectivity index (χ1v) is 7.40. The topological polar surface area (TPSA) is 75.4 Å². The summed E-state index contributed by atoms with van der Waals surface area (Å²) in [7, 11) is 0. The zero-order valence-corrected chi connectivity index (χ0v) is 12.6. The molecule has 0 radical (unpaired) electrons. The zero-order chi connectivity index (χ0) is 15.4. The number of carbonyl (C=O) groups is 2. The second kappa shape index (κ2) is 6.72. The first kappa shape index (κ1) is 15.5. The molecule has 0 aromatic heterocycles. The Morgan fingerprint density at radius 2 is 2.00 bits per heavy atom. The van der Waals surface area contributed by atoms with Crippen LogP contribution < -0.4 is 11.1 Å². The fourth-order valence-corrected chi connectivity index (χ4v) is 2.81. The minimum Gasteiger partial charge on any atom is -0.334 e. The minimum atomic E-state index is -0.123. The van der Waals surface area contributed by atoms with Crippen LogP contribution in [0.1, 0.15) is 37.0 Å². The molecule has 2 rings (SSSR count). The van der Waals surface area contributed by atoms with Crippen LogP contribution in [0.2, 0.25) is 0 Å². The van der Waals surface area contributed by atoms with Gasteiger partial charge >= 0.3 is 0 Å². The molecule has 1 saturated heterocycles. The van der Waals surface area contributed by atoms with Gasteiger partial charge in [0.05, 0.1) is 0 Å². The van der Waals surface area contributed by atoms with Crippen LogP contribution in [0, 0.1) is 5.92 Å². The van der Waals surface area contributed by atoms with Crippen LogP contribution >= 0.6 is 0 Å². The van der Waals surface area contributed by atoms with Gasteiger partial charge in [-0.3, -0.25) is 9.59 Å². The van der Waals surface area contributed by atoms with Gasteiger partial charge in [-0.05, 0) is 43.0 Å². The van der Waals surface area contributed by atoms with Crippen molar-refractivity contribution in [1.82, 2.24) is 4.90 Å². The Morgan fingerprint density at radius 1 is 1.33 bits per heavy atom. The van der Waals surface area contributed by atoms with Gasteiger partial charge in [0.2, 0.25) is 5.91 Å². The van der Waals surface area contributed by atoms with E-state index < -0.39 is 0 Å². The van der Waals surface area contributed by atoms with Crippen LogP contribution in [-0.4, -0.2) is 35.8 Å². The van der Waals surface area contributed by atoms with E-state index in [4.69, 9.17) is 5.73 Å². The summed E-state index contributed by atoms with van der Waals surface area (Å²) in [5.74, 6) is 0.513. The molecule has 21 heavy (non-hydrogen) atoms. The number of nitrogens with zero attached hydrogens (tertiary/aromatic N) is 1. The van der Waals surface area contributed by atoms with Crippen molar-refractivity contribution in [2.75, 3.05) is 18.4 Å². The standard InChI is InChI=1S/C16H23N3O2/c1-11-7-8-19(15(9-11)10-17)16(21)13-3-5-14(6-4-13)18-12(2)20/h3-6,11,15H,7-10,17H2,1-2H3,(H,18,20). The predicted octanol–water partition coefficient (Wildman–Crippen LogP) is 1.84. The van der Waals surface area contributed by atoms with Gasteiger partial charge in [0.1, 0.15) is 0 Å². The van der Waals surface area contributed by atoms with Crippen molar-refractivity contribution in [2.24, 2.45) is 11.7 Å². The summed E-state index contributed by atoms with van der Waals surface area (Å²) in [6.07, 6.45) is 1.98. The van der Waals surface area contributed by atoms with E-state index in [9.17, 15) is 9.59 Å². The van der Waals surface area contributed by atoms with E-state index >= 15 is 0 Å². The molecule has 0 spiro atoms. The molecular weight excluding hydrogens is 266 g/mol. The Bertz CT molecular complexity index is 513. The Morgan fingerprint density at radius 3 is 2.57 bits per heavy atom. The highest BCUT2D eigenvalue weighted by molar-refractivity contribution is 5.95. The molecule has 5 nitrogen and oxygen atoms in total. The smallest absolute Gasteiger partial charge is 0.254 e. The van der Waals surface area contributed by atoms with Crippen molar-refractivity contribution in [3.63, 3.8) is 0 Å². The van der Waals surface area contributed by atoms with Gasteiger partial charge in [0.25, 0.3) is 5.91 Å². The van der Waals surface area contributed by atoms with Crippen LogP contribution in [0.5, 0.6) is 0 Å². The van der Waals surface area contributed by atoms with Crippen LogP contribution in [0.4, 0.5) is 5.69 Å². The van der Waals surface area contributed by atoms with Crippen molar-refractivity contribution in [1.29, 1.82) is 0 Å². The van der Waals surface area contributed by atoms with E-state index in [0.717, 1.165) is 19.4 Å². The number of anilines is 1. The van der Waals surface area contributed by atoms with Gasteiger partial charge in [0, 0.05) is 37.3 Å². The van der Waals surface area contributed by atoms with E-state index in [0.29, 0.717) is 23.7 Å². The third-order valence-electron chi connectivity index (χ3n) is 3.96. The number of hydrogen-bond donors (Lipinski definition) is 2. The highest BCUT2D eigenvalue weighted by Gasteiger charge is 2.29. The number of carbonyl (C=O) groups excluding carboxylic acids is 2. The van der Waals surface area contributed by atoms with Crippen LogP contribution in [-0.2, 0) is 4.79 Å². The molecule has 1 aromatic rings. The molecule has 1 fully saturated rings. The Balaban J connectivity index is 2.10. The van der Waals surface area contributed by atoms with Crippen molar-refractivity contribution in [3.8, 4) is 0 Å². The summed E-state index contributed by atoms with van der Waals surface area (Å²) in [5.41, 5.74) is 7.14. The molecule has 114 valence electrons. The molecule has 1 aliphatic rings. The van der Waals surface area contributed by atoms with E-state index in [1.165, 1.54) is 6.92 Å². The molecular formula is C16H23N3O2. The SMILES string of the molecule is CC(=O)Nc1ccc(C(=O)N2CCC(C)CC2CN)cc1. The number of hydrogen-bond acceptors (Lipinski definition) is 3. The van der Waals surface area contributed by atoms with Crippen molar-refractivity contribution in [3.05, 3.63) is 29.8 Å². The highest BCUT2D eigenvalue weighted by atomic mass is 16.2. The summed E-state index contributed by atoms with van der Waals surface area (Å²) >= 11 is 0. The van der Waals surface area contributed by atoms with E-state index in [-0.39, 0.29) is 17.9 Å². The zero-order valence-electron chi connectivity index (χ0n) is 12.6. The Labute approximate surface area is 125 Å². The predicted molar refractivity (Wildman–Crippen MR) is 83.0 cm³/mol. The number of nitrogens with two attached hydrogens (primary N) is 1. The lowest BCUT2D eigenvalue weighted by molar-refractivity contribution is -0.114. The van der Waals surface area contributed by atoms with E-state index in [1.54, 1.807) is 24.3 Å². The summed E-state index contributed by atoms with van der Waals surface area (Å²) < 4.78 is 0. The molecule has 0 bridgehead atoms. The molecule has 2 amide bonds. The number of piperidine rings is 1. The van der Waals surface area contributed by atoms with Crippen LogP contribution in [0.15, 0.2) is 24.3 Å². The lowest BCUT2D eigenvalue weighted by atomic mass is 9.92. The Hall–Kier alpha value is -1.88. The van der Waals surface area contributed by atoms with Crippen molar-refractivity contribution < 1.29 is 9.59 Å². The number of amides is 2. The normalized spacial score (nSPS) is 22.0. The first-order chi connectivity index (χ1) is 10.0. The number of likely N-dealkylation sites (tertiary alicyclic amines) is 1. The molecule has 3 N–H and O–H groups in total. The van der Waals surface area contributed by atoms with E-state index in [2.05, 4.69) is 12.2 Å². The van der Waals surface area contributed by atoms with Gasteiger partial charge in [-0.2, -0.15) is 0 Å². The monoisotopic (exact) mass is 289 g/mol. The van der Waals surface area contributed by atoms with Gasteiger partial charge < -0.3 is 16.0 Å². The molecule has 1 aliphatic heterocycles. The fourth-order valence-electron chi connectivity index (χ4n) is 2.81. The minimum absolute atomic E-state index is 0.0201. The molecule has 2 atom stereocenters. The van der Waals surface area contributed by atoms with Crippen LogP contribution in [0.3, 0.4) is 0 Å². The highest BCUT2D eigenvalue weighted by Crippen LogP contribution is 2.24. The van der Waals surface area contributed by atoms with Crippen molar-refractivity contribution in [2.45, 2.75) is 32.7 Å². The molecule has 1 aromatic carbocycles. The Kier molecular flexibility index (Phi) is 4.96. The maximum atomic E-state index is 12.6. The average Bonchev–Trinajstić information content (AvgIpc) is 2.46. The first-order valence-electron chi connectivity index (χ1n) is 7.40. The molecule has 0 aliphatic carbocycles. The maximum Gasteiger partial charge on any atom is 0.254 e. The van der Waals surface area contributed by atoms with E-state index in [1.807, 2.05) is 4.90 Å². The largest absolute Gasteiger partial charge is 0.334 e. The van der Waals surface area contributed by atoms with Crippen LogP contribution in [0.25, 0.3) is 0 Å². The summed E-state index contributed by atoms with van der Waals surface area (Å²) in [6.45, 7) is 4.92. The summed E-state index contributed by atoms with van der Waals surface area (Å²) in [4.78, 5) is 25.5. The number of nitrogens with one attached hydrogen (secondary N) is 1. The van der Waals surface area contributed by atoms with Gasteiger partial charge in [-0.1, -0.05) is 6.92 Å². The molecule has 0 saturated carbocycles. The number of rotatable bonds is 3. The van der Waals surface area contributed by atoms with Gasteiger partial charge in [-0.15, -0.1) is 0 Å². The summed E-state index contributed by atoms with van der Waals surface area (Å²) in [5, 5.41) is 2.69. The fraction of sp³-hybridized carbons (Fsp3) is 0.500. The second-order valence-electron chi connectivity index (χ2n) is 5.78.